The molecule has 0 bridgehead atoms. The van der Waals surface area contributed by atoms with E-state index in [0.717, 1.165) is 8.95 Å². The van der Waals surface area contributed by atoms with Crippen molar-refractivity contribution in [1.29, 1.82) is 0 Å². The molecule has 31 heavy (non-hydrogen) atoms. The Morgan fingerprint density at radius 2 is 1.48 bits per heavy atom. The zero-order valence-electron chi connectivity index (χ0n) is 19.0. The van der Waals surface area contributed by atoms with Crippen LogP contribution in [0.15, 0.2) is 81.4 Å². The molecule has 0 aromatic heterocycles. The summed E-state index contributed by atoms with van der Waals surface area (Å²) < 4.78 is 4.55. The van der Waals surface area contributed by atoms with Crippen LogP contribution < -0.4 is 4.90 Å². The Hall–Kier alpha value is -1.91. The second kappa shape index (κ2) is 7.90. The molecule has 2 aliphatic rings. The third kappa shape index (κ3) is 3.68. The number of hydrogen-bond donors (Lipinski definition) is 0. The molecule has 2 nitrogen and oxygen atoms in total. The van der Waals surface area contributed by atoms with E-state index in [1.54, 1.807) is 0 Å². The van der Waals surface area contributed by atoms with Gasteiger partial charge in [-0.1, -0.05) is 63.9 Å². The molecule has 4 rings (SSSR count). The highest BCUT2D eigenvalue weighted by molar-refractivity contribution is 9.10. The molecule has 2 aromatic carbocycles. The Morgan fingerprint density at radius 3 is 2.19 bits per heavy atom. The molecule has 0 atom stereocenters. The fourth-order valence-electron chi connectivity index (χ4n) is 4.97. The summed E-state index contributed by atoms with van der Waals surface area (Å²) in [5.41, 5.74) is 7.80. The summed E-state index contributed by atoms with van der Waals surface area (Å²) >= 11 is 7.24. The molecule has 2 aliphatic heterocycles. The lowest BCUT2D eigenvalue weighted by atomic mass is 9.81. The van der Waals surface area contributed by atoms with Crippen LogP contribution in [-0.2, 0) is 10.8 Å². The monoisotopic (exact) mass is 539 g/mol. The van der Waals surface area contributed by atoms with Crippen molar-refractivity contribution in [3.8, 4) is 0 Å². The van der Waals surface area contributed by atoms with Crippen LogP contribution in [0.3, 0.4) is 0 Å². The quantitative estimate of drug-likeness (QED) is 0.286. The van der Waals surface area contributed by atoms with Crippen LogP contribution in [0.5, 0.6) is 0 Å². The normalized spacial score (nSPS) is 20.4. The predicted octanol–water partition coefficient (Wildman–Crippen LogP) is 7.64. The van der Waals surface area contributed by atoms with Crippen molar-refractivity contribution in [3.63, 3.8) is 0 Å². The summed E-state index contributed by atoms with van der Waals surface area (Å²) in [6.07, 6.45) is 10.9. The minimum Gasteiger partial charge on any atom is -0.347 e. The largest absolute Gasteiger partial charge is 0.347 e. The molecule has 0 unspecified atom stereocenters. The van der Waals surface area contributed by atoms with Crippen LogP contribution in [0.25, 0.3) is 0 Å². The molecule has 4 heteroatoms. The smallest absolute Gasteiger partial charge is 0.209 e. The first-order chi connectivity index (χ1) is 14.5. The molecule has 0 saturated carbocycles. The maximum Gasteiger partial charge on any atom is 0.209 e. The Labute approximate surface area is 202 Å². The van der Waals surface area contributed by atoms with Gasteiger partial charge in [0.05, 0.1) is 5.41 Å². The molecular weight excluding hydrogens is 512 g/mol. The number of anilines is 1. The molecule has 0 radical (unpaired) electrons. The van der Waals surface area contributed by atoms with E-state index in [9.17, 15) is 0 Å². The minimum absolute atomic E-state index is 0.0284. The van der Waals surface area contributed by atoms with E-state index in [2.05, 4.69) is 150 Å². The van der Waals surface area contributed by atoms with Gasteiger partial charge in [0, 0.05) is 50.5 Å². The highest BCUT2D eigenvalue weighted by Crippen LogP contribution is 2.47. The minimum atomic E-state index is -0.0284. The van der Waals surface area contributed by atoms with Crippen LogP contribution in [0.4, 0.5) is 11.4 Å². The Morgan fingerprint density at radius 1 is 0.839 bits per heavy atom. The lowest BCUT2D eigenvalue weighted by molar-refractivity contribution is -0.401. The number of benzene rings is 2. The molecular formula is C27H29Br2N2+. The van der Waals surface area contributed by atoms with Gasteiger partial charge in [0.25, 0.3) is 0 Å². The number of halogens is 2. The number of likely N-dealkylation sites (N-methyl/N-ethyl adjacent to an activating group) is 1. The summed E-state index contributed by atoms with van der Waals surface area (Å²) in [6, 6.07) is 13.1. The Bertz CT molecular complexity index is 1180. The summed E-state index contributed by atoms with van der Waals surface area (Å²) in [7, 11) is 4.30. The van der Waals surface area contributed by atoms with Gasteiger partial charge < -0.3 is 4.90 Å². The van der Waals surface area contributed by atoms with Gasteiger partial charge in [-0.2, -0.15) is 4.58 Å². The zero-order valence-corrected chi connectivity index (χ0v) is 22.2. The number of rotatable bonds is 3. The topological polar surface area (TPSA) is 6.25 Å². The second-order valence-electron chi connectivity index (χ2n) is 9.37. The standard InChI is InChI=1S/C27H29Br2N2/c1-26(2)20-16-18(28)12-14-22(20)30(5)24(26)10-8-7-9-11-25-27(3,4)21-17-19(29)13-15-23(21)31(25)6/h7-17H,1-6H3/q+1. The summed E-state index contributed by atoms with van der Waals surface area (Å²) in [4.78, 5) is 2.30. The summed E-state index contributed by atoms with van der Waals surface area (Å²) in [6.45, 7) is 9.16. The fourth-order valence-corrected chi connectivity index (χ4v) is 5.70. The lowest BCUT2D eigenvalue weighted by Gasteiger charge is -2.23. The van der Waals surface area contributed by atoms with Crippen molar-refractivity contribution in [2.24, 2.45) is 0 Å². The summed E-state index contributed by atoms with van der Waals surface area (Å²) in [5.74, 6) is 0. The molecule has 0 N–H and O–H groups in total. The van der Waals surface area contributed by atoms with E-state index in [0.29, 0.717) is 0 Å². The number of nitrogens with zero attached hydrogens (tertiary/aromatic N) is 2. The van der Waals surface area contributed by atoms with Crippen LogP contribution in [0, 0.1) is 0 Å². The van der Waals surface area contributed by atoms with E-state index >= 15 is 0 Å². The SMILES string of the molecule is CN1\C(=C/C=C/C=C/C2=[N+](C)c3ccc(Br)cc3C2(C)C)C(C)(C)c2cc(Br)ccc21. The molecule has 2 aromatic rings. The molecule has 0 fully saturated rings. The first-order valence-electron chi connectivity index (χ1n) is 10.6. The van der Waals surface area contributed by atoms with Crippen molar-refractivity contribution in [3.05, 3.63) is 92.5 Å². The first-order valence-corrected chi connectivity index (χ1v) is 12.1. The Balaban J connectivity index is 1.57. The van der Waals surface area contributed by atoms with Crippen molar-refractivity contribution < 1.29 is 4.58 Å². The molecule has 0 spiro atoms. The van der Waals surface area contributed by atoms with E-state index in [1.807, 2.05) is 0 Å². The van der Waals surface area contributed by atoms with Crippen molar-refractivity contribution in [2.75, 3.05) is 19.0 Å². The van der Waals surface area contributed by atoms with E-state index in [1.165, 1.54) is 33.9 Å². The van der Waals surface area contributed by atoms with Crippen LogP contribution in [-0.4, -0.2) is 24.4 Å². The number of fused-ring (bicyclic) bond motifs is 2. The third-order valence-electron chi connectivity index (χ3n) is 6.72. The van der Waals surface area contributed by atoms with Gasteiger partial charge in [-0.15, -0.1) is 0 Å². The highest BCUT2D eigenvalue weighted by Gasteiger charge is 2.43. The maximum absolute atomic E-state index is 3.62. The van der Waals surface area contributed by atoms with Gasteiger partial charge in [-0.25, -0.2) is 0 Å². The zero-order chi connectivity index (χ0) is 22.6. The number of hydrogen-bond acceptors (Lipinski definition) is 1. The molecule has 0 aliphatic carbocycles. The van der Waals surface area contributed by atoms with E-state index in [-0.39, 0.29) is 10.8 Å². The molecule has 160 valence electrons. The van der Waals surface area contributed by atoms with Crippen molar-refractivity contribution in [1.82, 2.24) is 0 Å². The first kappa shape index (κ1) is 22.3. The predicted molar refractivity (Wildman–Crippen MR) is 140 cm³/mol. The third-order valence-corrected chi connectivity index (χ3v) is 7.71. The highest BCUT2D eigenvalue weighted by atomic mass is 79.9. The average molecular weight is 541 g/mol. The van der Waals surface area contributed by atoms with Gasteiger partial charge in [0.2, 0.25) is 5.69 Å². The maximum atomic E-state index is 3.62. The van der Waals surface area contributed by atoms with Crippen LogP contribution in [0.2, 0.25) is 0 Å². The fraction of sp³-hybridized carbons (Fsp3) is 0.296. The van der Waals surface area contributed by atoms with Gasteiger partial charge in [0.15, 0.2) is 5.71 Å². The van der Waals surface area contributed by atoms with E-state index < -0.39 is 0 Å². The molecule has 0 saturated heterocycles. The van der Waals surface area contributed by atoms with Crippen molar-refractivity contribution >= 4 is 48.9 Å². The lowest BCUT2D eigenvalue weighted by Crippen LogP contribution is -2.26. The average Bonchev–Trinajstić information content (AvgIpc) is 3.00. The number of allylic oxidation sites excluding steroid dienone is 6. The van der Waals surface area contributed by atoms with Crippen molar-refractivity contribution in [2.45, 2.75) is 38.5 Å². The van der Waals surface area contributed by atoms with Gasteiger partial charge in [-0.3, -0.25) is 0 Å². The Kier molecular flexibility index (Phi) is 5.68. The molecule has 2 heterocycles. The van der Waals surface area contributed by atoms with Gasteiger partial charge in [-0.05, 0) is 55.8 Å². The van der Waals surface area contributed by atoms with Gasteiger partial charge in [0.1, 0.15) is 7.05 Å². The second-order valence-corrected chi connectivity index (χ2v) is 11.2. The van der Waals surface area contributed by atoms with E-state index in [4.69, 9.17) is 0 Å². The molecule has 0 amide bonds. The summed E-state index contributed by atoms with van der Waals surface area (Å²) in [5, 5.41) is 0. The van der Waals surface area contributed by atoms with Crippen LogP contribution in [0.1, 0.15) is 38.8 Å². The van der Waals surface area contributed by atoms with Gasteiger partial charge >= 0.3 is 0 Å². The van der Waals surface area contributed by atoms with Crippen LogP contribution >= 0.6 is 31.9 Å².